The highest BCUT2D eigenvalue weighted by molar-refractivity contribution is 7.89. The Hall–Kier alpha value is -2.92. The van der Waals surface area contributed by atoms with Crippen LogP contribution in [0.15, 0.2) is 53.6 Å². The Morgan fingerprint density at radius 2 is 1.95 bits per heavy atom. The van der Waals surface area contributed by atoms with Gasteiger partial charge in [-0.15, -0.1) is 0 Å². The lowest BCUT2D eigenvalue weighted by molar-refractivity contribution is 0.204. The molecule has 0 amide bonds. The van der Waals surface area contributed by atoms with Gasteiger partial charge in [-0.1, -0.05) is 29.8 Å². The summed E-state index contributed by atoms with van der Waals surface area (Å²) in [5.74, 6) is 2.74. The highest BCUT2D eigenvalue weighted by Crippen LogP contribution is 2.32. The van der Waals surface area contributed by atoms with Gasteiger partial charge < -0.3 is 19.7 Å². The van der Waals surface area contributed by atoms with Crippen LogP contribution >= 0.6 is 11.6 Å². The fraction of sp³-hybridized carbons (Fsp3) is 0.448. The molecule has 2 fully saturated rings. The van der Waals surface area contributed by atoms with Gasteiger partial charge in [-0.2, -0.15) is 0 Å². The van der Waals surface area contributed by atoms with Crippen LogP contribution in [0.4, 0.5) is 11.5 Å². The number of ether oxygens (including phenoxy) is 2. The lowest BCUT2D eigenvalue weighted by atomic mass is 10.1. The number of likely N-dealkylation sites (tertiary alicyclic amines) is 1. The third kappa shape index (κ3) is 7.42. The van der Waals surface area contributed by atoms with Crippen molar-refractivity contribution in [1.29, 1.82) is 0 Å². The molecule has 5 rings (SSSR count). The van der Waals surface area contributed by atoms with Crippen molar-refractivity contribution < 1.29 is 17.9 Å². The summed E-state index contributed by atoms with van der Waals surface area (Å²) in [7, 11) is -1.61. The number of rotatable bonds is 12. The second-order valence-corrected chi connectivity index (χ2v) is 12.9. The van der Waals surface area contributed by atoms with Gasteiger partial charge in [0.15, 0.2) is 5.82 Å². The zero-order chi connectivity index (χ0) is 28.3. The molecule has 9 nitrogen and oxygen atoms in total. The van der Waals surface area contributed by atoms with Gasteiger partial charge in [-0.25, -0.2) is 23.1 Å². The standard InChI is InChI=1S/C29H36ClN5O4S/c1-19(2)38-26-15-22(39-23-12-13-35(3)18-23)11-10-21(26)14-28-31-17-24(30)29(34-28)33-25-6-4-5-7-27(25)40(36,37)32-16-20-8-9-20/h4-7,10-11,15,17,19-20,23,32H,8-9,12-14,16,18H2,1-3H3,(H,31,33,34). The van der Waals surface area contributed by atoms with Crippen LogP contribution < -0.4 is 19.5 Å². The average molecular weight is 586 g/mol. The van der Waals surface area contributed by atoms with Crippen molar-refractivity contribution in [2.24, 2.45) is 5.92 Å². The van der Waals surface area contributed by atoms with Gasteiger partial charge in [-0.05, 0) is 64.3 Å². The Kier molecular flexibility index (Phi) is 8.80. The minimum atomic E-state index is -3.70. The normalized spacial score (nSPS) is 17.8. The van der Waals surface area contributed by atoms with Crippen LogP contribution in [0.1, 0.15) is 44.5 Å². The summed E-state index contributed by atoms with van der Waals surface area (Å²) >= 11 is 6.44. The molecule has 2 aliphatic rings. The Morgan fingerprint density at radius 1 is 1.15 bits per heavy atom. The van der Waals surface area contributed by atoms with E-state index in [1.54, 1.807) is 24.3 Å². The Morgan fingerprint density at radius 3 is 2.67 bits per heavy atom. The fourth-order valence-corrected chi connectivity index (χ4v) is 6.02. The molecule has 40 heavy (non-hydrogen) atoms. The van der Waals surface area contributed by atoms with Crippen LogP contribution in [0.5, 0.6) is 11.5 Å². The van der Waals surface area contributed by atoms with Crippen LogP contribution in [0.25, 0.3) is 0 Å². The molecule has 2 aromatic carbocycles. The number of benzene rings is 2. The van der Waals surface area contributed by atoms with Crippen molar-refractivity contribution in [1.82, 2.24) is 19.6 Å². The summed E-state index contributed by atoms with van der Waals surface area (Å²) in [6.45, 7) is 6.33. The Balaban J connectivity index is 1.35. The number of hydrogen-bond donors (Lipinski definition) is 2. The van der Waals surface area contributed by atoms with Crippen LogP contribution in [0, 0.1) is 5.92 Å². The molecule has 0 radical (unpaired) electrons. The van der Waals surface area contributed by atoms with E-state index in [2.05, 4.69) is 32.0 Å². The fourth-order valence-electron chi connectivity index (χ4n) is 4.61. The number of likely N-dealkylation sites (N-methyl/N-ethyl adjacent to an activating group) is 1. The Labute approximate surface area is 241 Å². The van der Waals surface area contributed by atoms with Crippen molar-refractivity contribution in [3.05, 3.63) is 65.1 Å². The first-order valence-corrected chi connectivity index (χ1v) is 15.5. The molecule has 1 atom stereocenters. The van der Waals surface area contributed by atoms with Crippen LogP contribution in [-0.2, 0) is 16.4 Å². The minimum Gasteiger partial charge on any atom is -0.491 e. The number of aromatic nitrogens is 2. The quantitative estimate of drug-likeness (QED) is 0.305. The molecule has 1 aliphatic heterocycles. The molecular formula is C29H36ClN5O4S. The number of anilines is 2. The van der Waals surface area contributed by atoms with E-state index in [4.69, 9.17) is 21.1 Å². The van der Waals surface area contributed by atoms with Gasteiger partial charge >= 0.3 is 0 Å². The van der Waals surface area contributed by atoms with E-state index in [0.29, 0.717) is 42.0 Å². The third-order valence-corrected chi connectivity index (χ3v) is 8.64. The topological polar surface area (TPSA) is 106 Å². The summed E-state index contributed by atoms with van der Waals surface area (Å²) in [6, 6.07) is 12.6. The maximum atomic E-state index is 13.0. The minimum absolute atomic E-state index is 0.0260. The predicted molar refractivity (Wildman–Crippen MR) is 156 cm³/mol. The maximum Gasteiger partial charge on any atom is 0.242 e. The average Bonchev–Trinajstić information content (AvgIpc) is 3.66. The highest BCUT2D eigenvalue weighted by atomic mass is 35.5. The lowest BCUT2D eigenvalue weighted by Crippen LogP contribution is -2.26. The van der Waals surface area contributed by atoms with Crippen molar-refractivity contribution in [2.45, 2.75) is 56.6 Å². The molecular weight excluding hydrogens is 550 g/mol. The van der Waals surface area contributed by atoms with Crippen molar-refractivity contribution >= 4 is 33.1 Å². The van der Waals surface area contributed by atoms with Crippen molar-refractivity contribution in [3.8, 4) is 11.5 Å². The van der Waals surface area contributed by atoms with Crippen LogP contribution in [-0.4, -0.2) is 62.2 Å². The molecule has 11 heteroatoms. The van der Waals surface area contributed by atoms with E-state index in [1.165, 1.54) is 6.20 Å². The Bertz CT molecular complexity index is 1450. The first kappa shape index (κ1) is 28.6. The number of para-hydroxylation sites is 1. The van der Waals surface area contributed by atoms with E-state index >= 15 is 0 Å². The third-order valence-electron chi connectivity index (χ3n) is 6.88. The second-order valence-electron chi connectivity index (χ2n) is 10.8. The lowest BCUT2D eigenvalue weighted by Gasteiger charge is -2.18. The van der Waals surface area contributed by atoms with Crippen molar-refractivity contribution in [2.75, 3.05) is 32.0 Å². The molecule has 1 unspecified atom stereocenters. The van der Waals surface area contributed by atoms with Gasteiger partial charge in [0, 0.05) is 37.7 Å². The van der Waals surface area contributed by atoms with Crippen LogP contribution in [0.3, 0.4) is 0 Å². The van der Waals surface area contributed by atoms with E-state index < -0.39 is 10.0 Å². The predicted octanol–water partition coefficient (Wildman–Crippen LogP) is 5.02. The first-order chi connectivity index (χ1) is 19.2. The van der Waals surface area contributed by atoms with Gasteiger partial charge in [0.05, 0.1) is 18.0 Å². The molecule has 1 aromatic heterocycles. The SMILES string of the molecule is CC(C)Oc1cc(OC2CCN(C)C2)ccc1Cc1ncc(Cl)c(Nc2ccccc2S(=O)(=O)NCC2CC2)n1. The number of nitrogens with one attached hydrogen (secondary N) is 2. The zero-order valence-corrected chi connectivity index (χ0v) is 24.6. The van der Waals surface area contributed by atoms with Gasteiger partial charge in [0.25, 0.3) is 0 Å². The van der Waals surface area contributed by atoms with Gasteiger partial charge in [-0.3, -0.25) is 0 Å². The summed E-state index contributed by atoms with van der Waals surface area (Å²) in [4.78, 5) is 11.5. The van der Waals surface area contributed by atoms with Gasteiger partial charge in [0.2, 0.25) is 10.0 Å². The van der Waals surface area contributed by atoms with Gasteiger partial charge in [0.1, 0.15) is 33.3 Å². The largest absolute Gasteiger partial charge is 0.491 e. The number of nitrogens with zero attached hydrogens (tertiary/aromatic N) is 3. The number of sulfonamides is 1. The van der Waals surface area contributed by atoms with E-state index in [-0.39, 0.29) is 22.1 Å². The molecule has 1 aliphatic carbocycles. The van der Waals surface area contributed by atoms with Crippen LogP contribution in [0.2, 0.25) is 5.02 Å². The van der Waals surface area contributed by atoms with Crippen molar-refractivity contribution in [3.63, 3.8) is 0 Å². The molecule has 1 saturated heterocycles. The maximum absolute atomic E-state index is 13.0. The summed E-state index contributed by atoms with van der Waals surface area (Å²) < 4.78 is 41.1. The number of halogens is 1. The van der Waals surface area contributed by atoms with E-state index in [1.807, 2.05) is 32.0 Å². The molecule has 3 aromatic rings. The zero-order valence-electron chi connectivity index (χ0n) is 23.1. The monoisotopic (exact) mass is 585 g/mol. The summed E-state index contributed by atoms with van der Waals surface area (Å²) in [5, 5.41) is 3.40. The highest BCUT2D eigenvalue weighted by Gasteiger charge is 2.26. The second kappa shape index (κ2) is 12.3. The van der Waals surface area contributed by atoms with E-state index in [9.17, 15) is 8.42 Å². The summed E-state index contributed by atoms with van der Waals surface area (Å²) in [5.41, 5.74) is 1.30. The molecule has 2 N–H and O–H groups in total. The van der Waals surface area contributed by atoms with E-state index in [0.717, 1.165) is 43.7 Å². The number of hydrogen-bond acceptors (Lipinski definition) is 8. The summed E-state index contributed by atoms with van der Waals surface area (Å²) in [6.07, 6.45) is 5.15. The molecule has 0 bridgehead atoms. The molecule has 1 saturated carbocycles. The molecule has 214 valence electrons. The molecule has 2 heterocycles. The molecule has 0 spiro atoms. The first-order valence-electron chi connectivity index (χ1n) is 13.7. The smallest absolute Gasteiger partial charge is 0.242 e.